The van der Waals surface area contributed by atoms with Gasteiger partial charge >= 0.3 is 0 Å². The quantitative estimate of drug-likeness (QED) is 0.738. The molecule has 0 aliphatic heterocycles. The molecule has 2 rings (SSSR count). The second kappa shape index (κ2) is 4.82. The molecule has 90 valence electrons. The van der Waals surface area contributed by atoms with E-state index in [0.29, 0.717) is 12.4 Å². The van der Waals surface area contributed by atoms with Crippen LogP contribution in [0.4, 0.5) is 11.6 Å². The monoisotopic (exact) mass is 232 g/mol. The number of hydrogen-bond donors (Lipinski definition) is 3. The number of nitrogens with two attached hydrogens (primary N) is 1. The van der Waals surface area contributed by atoms with E-state index in [1.165, 1.54) is 0 Å². The molecule has 0 fully saturated rings. The Morgan fingerprint density at radius 3 is 2.88 bits per heavy atom. The average Bonchev–Trinajstić information content (AvgIpc) is 2.71. The summed E-state index contributed by atoms with van der Waals surface area (Å²) in [4.78, 5) is 8.64. The second-order valence-electron chi connectivity index (χ2n) is 3.81. The van der Waals surface area contributed by atoms with E-state index in [4.69, 9.17) is 5.73 Å². The lowest BCUT2D eigenvalue weighted by atomic mass is 10.3. The fraction of sp³-hybridized carbons (Fsp3) is 0.364. The van der Waals surface area contributed by atoms with Crippen LogP contribution in [-0.2, 0) is 13.0 Å². The van der Waals surface area contributed by atoms with Crippen LogP contribution in [-0.4, -0.2) is 20.2 Å². The van der Waals surface area contributed by atoms with Gasteiger partial charge in [-0.25, -0.2) is 9.97 Å². The summed E-state index contributed by atoms with van der Waals surface area (Å²) in [7, 11) is 0. The number of aryl methyl sites for hydroxylation is 2. The van der Waals surface area contributed by atoms with Crippen molar-refractivity contribution in [3.63, 3.8) is 0 Å². The van der Waals surface area contributed by atoms with Gasteiger partial charge in [-0.15, -0.1) is 0 Å². The van der Waals surface area contributed by atoms with Crippen molar-refractivity contribution >= 4 is 11.6 Å². The van der Waals surface area contributed by atoms with Crippen LogP contribution in [0.5, 0.6) is 0 Å². The molecule has 6 heteroatoms. The van der Waals surface area contributed by atoms with E-state index in [2.05, 4.69) is 32.4 Å². The van der Waals surface area contributed by atoms with E-state index in [0.717, 1.165) is 29.3 Å². The predicted octanol–water partition coefficient (Wildman–Crippen LogP) is 1.26. The number of aromatic amines is 1. The first-order chi connectivity index (χ1) is 8.19. The molecule has 0 aliphatic rings. The van der Waals surface area contributed by atoms with Gasteiger partial charge in [0.15, 0.2) is 0 Å². The van der Waals surface area contributed by atoms with Crippen LogP contribution in [0.15, 0.2) is 12.3 Å². The molecule has 0 atom stereocenters. The summed E-state index contributed by atoms with van der Waals surface area (Å²) in [5, 5.41) is 9.77. The van der Waals surface area contributed by atoms with Gasteiger partial charge in [0, 0.05) is 23.9 Å². The van der Waals surface area contributed by atoms with E-state index in [1.54, 1.807) is 6.20 Å². The lowest BCUT2D eigenvalue weighted by Gasteiger charge is -2.07. The zero-order chi connectivity index (χ0) is 12.3. The molecule has 0 radical (unpaired) electrons. The summed E-state index contributed by atoms with van der Waals surface area (Å²) >= 11 is 0. The first-order valence-corrected chi connectivity index (χ1v) is 5.55. The molecule has 2 heterocycles. The van der Waals surface area contributed by atoms with E-state index in [9.17, 15) is 0 Å². The van der Waals surface area contributed by atoms with Gasteiger partial charge in [-0.05, 0) is 13.3 Å². The van der Waals surface area contributed by atoms with Crippen molar-refractivity contribution in [2.24, 2.45) is 0 Å². The SMILES string of the molecule is CCc1cc(NCc2cn[nH]c2N)nc(C)n1. The Kier molecular flexibility index (Phi) is 3.22. The van der Waals surface area contributed by atoms with Crippen LogP contribution in [0, 0.1) is 6.92 Å². The molecule has 17 heavy (non-hydrogen) atoms. The Hall–Kier alpha value is -2.11. The van der Waals surface area contributed by atoms with Crippen LogP contribution in [0.2, 0.25) is 0 Å². The van der Waals surface area contributed by atoms with Crippen molar-refractivity contribution in [2.75, 3.05) is 11.1 Å². The van der Waals surface area contributed by atoms with Gasteiger partial charge in [0.25, 0.3) is 0 Å². The molecule has 0 unspecified atom stereocenters. The fourth-order valence-corrected chi connectivity index (χ4v) is 1.55. The third kappa shape index (κ3) is 2.72. The predicted molar refractivity (Wildman–Crippen MR) is 66.5 cm³/mol. The molecule has 0 saturated carbocycles. The molecule has 6 nitrogen and oxygen atoms in total. The van der Waals surface area contributed by atoms with Crippen molar-refractivity contribution in [1.29, 1.82) is 0 Å². The van der Waals surface area contributed by atoms with E-state index >= 15 is 0 Å². The Labute approximate surface area is 99.7 Å². The maximum absolute atomic E-state index is 5.70. The Morgan fingerprint density at radius 2 is 2.24 bits per heavy atom. The molecular weight excluding hydrogens is 216 g/mol. The van der Waals surface area contributed by atoms with Gasteiger partial charge in [-0.2, -0.15) is 5.10 Å². The molecule has 0 amide bonds. The molecule has 2 aromatic heterocycles. The van der Waals surface area contributed by atoms with Crippen molar-refractivity contribution in [3.8, 4) is 0 Å². The number of nitrogens with zero attached hydrogens (tertiary/aromatic N) is 3. The summed E-state index contributed by atoms with van der Waals surface area (Å²) in [5.74, 6) is 2.17. The van der Waals surface area contributed by atoms with Gasteiger partial charge in [0.1, 0.15) is 17.5 Å². The van der Waals surface area contributed by atoms with Crippen molar-refractivity contribution in [3.05, 3.63) is 29.3 Å². The highest BCUT2D eigenvalue weighted by Gasteiger charge is 2.03. The lowest BCUT2D eigenvalue weighted by molar-refractivity contribution is 0.942. The topological polar surface area (TPSA) is 92.5 Å². The van der Waals surface area contributed by atoms with Gasteiger partial charge in [-0.1, -0.05) is 6.92 Å². The first-order valence-electron chi connectivity index (χ1n) is 5.55. The van der Waals surface area contributed by atoms with E-state index in [-0.39, 0.29) is 0 Å². The molecule has 0 aromatic carbocycles. The highest BCUT2D eigenvalue weighted by atomic mass is 15.1. The fourth-order valence-electron chi connectivity index (χ4n) is 1.55. The Bertz CT molecular complexity index is 504. The van der Waals surface area contributed by atoms with Crippen molar-refractivity contribution in [2.45, 2.75) is 26.8 Å². The molecule has 0 saturated heterocycles. The highest BCUT2D eigenvalue weighted by molar-refractivity contribution is 5.42. The lowest BCUT2D eigenvalue weighted by Crippen LogP contribution is -2.05. The van der Waals surface area contributed by atoms with Gasteiger partial charge in [-0.3, -0.25) is 5.10 Å². The molecule has 2 aromatic rings. The number of hydrogen-bond acceptors (Lipinski definition) is 5. The number of aromatic nitrogens is 4. The van der Waals surface area contributed by atoms with Gasteiger partial charge < -0.3 is 11.1 Å². The zero-order valence-corrected chi connectivity index (χ0v) is 9.99. The molecule has 4 N–H and O–H groups in total. The molecule has 0 spiro atoms. The summed E-state index contributed by atoms with van der Waals surface area (Å²) in [5.41, 5.74) is 7.66. The maximum atomic E-state index is 5.70. The zero-order valence-electron chi connectivity index (χ0n) is 9.99. The number of H-pyrrole nitrogens is 1. The highest BCUT2D eigenvalue weighted by Crippen LogP contribution is 2.11. The minimum Gasteiger partial charge on any atom is -0.384 e. The van der Waals surface area contributed by atoms with E-state index < -0.39 is 0 Å². The summed E-state index contributed by atoms with van der Waals surface area (Å²) in [6, 6.07) is 1.95. The average molecular weight is 232 g/mol. The number of nitrogens with one attached hydrogen (secondary N) is 2. The summed E-state index contributed by atoms with van der Waals surface area (Å²) < 4.78 is 0. The standard InChI is InChI=1S/C11H16N6/c1-3-9-4-10(16-7(2)15-9)13-5-8-6-14-17-11(8)12/h4,6H,3,5H2,1-2H3,(H3,12,14,17)(H,13,15,16). The molecular formula is C11H16N6. The normalized spacial score (nSPS) is 10.5. The molecule has 0 aliphatic carbocycles. The largest absolute Gasteiger partial charge is 0.384 e. The smallest absolute Gasteiger partial charge is 0.130 e. The Morgan fingerprint density at radius 1 is 1.41 bits per heavy atom. The van der Waals surface area contributed by atoms with Crippen molar-refractivity contribution < 1.29 is 0 Å². The van der Waals surface area contributed by atoms with Crippen LogP contribution < -0.4 is 11.1 Å². The minimum atomic E-state index is 0.582. The number of nitrogen functional groups attached to an aromatic ring is 1. The summed E-state index contributed by atoms with van der Waals surface area (Å²) in [6.45, 7) is 4.55. The van der Waals surface area contributed by atoms with Crippen LogP contribution in [0.25, 0.3) is 0 Å². The maximum Gasteiger partial charge on any atom is 0.130 e. The van der Waals surface area contributed by atoms with Gasteiger partial charge in [0.05, 0.1) is 6.20 Å². The number of anilines is 2. The van der Waals surface area contributed by atoms with Crippen molar-refractivity contribution in [1.82, 2.24) is 20.2 Å². The van der Waals surface area contributed by atoms with Gasteiger partial charge in [0.2, 0.25) is 0 Å². The Balaban J connectivity index is 2.09. The van der Waals surface area contributed by atoms with Crippen LogP contribution >= 0.6 is 0 Å². The van der Waals surface area contributed by atoms with Crippen LogP contribution in [0.3, 0.4) is 0 Å². The third-order valence-corrected chi connectivity index (χ3v) is 2.46. The summed E-state index contributed by atoms with van der Waals surface area (Å²) in [6.07, 6.45) is 2.60. The van der Waals surface area contributed by atoms with E-state index in [1.807, 2.05) is 13.0 Å². The minimum absolute atomic E-state index is 0.582. The third-order valence-electron chi connectivity index (χ3n) is 2.46. The number of rotatable bonds is 4. The first kappa shape index (κ1) is 11.4. The second-order valence-corrected chi connectivity index (χ2v) is 3.81. The van der Waals surface area contributed by atoms with Crippen LogP contribution in [0.1, 0.15) is 24.0 Å². The molecule has 0 bridgehead atoms.